The third-order valence-corrected chi connectivity index (χ3v) is 3.05. The minimum Gasteiger partial charge on any atom is -0.316 e. The highest BCUT2D eigenvalue weighted by molar-refractivity contribution is 6.07. The maximum atomic E-state index is 12.2. The average molecular weight is 282 g/mol. The SMILES string of the molecule is O=C(Nc1ccccc1[N+](=O)[O-])c1ccc2cn[nH]c2c1. The van der Waals surface area contributed by atoms with Crippen molar-refractivity contribution in [3.05, 3.63) is 64.3 Å². The summed E-state index contributed by atoms with van der Waals surface area (Å²) in [4.78, 5) is 22.6. The number of para-hydroxylation sites is 2. The van der Waals surface area contributed by atoms with Crippen molar-refractivity contribution in [1.29, 1.82) is 0 Å². The summed E-state index contributed by atoms with van der Waals surface area (Å²) < 4.78 is 0. The maximum absolute atomic E-state index is 12.2. The van der Waals surface area contributed by atoms with E-state index >= 15 is 0 Å². The fourth-order valence-corrected chi connectivity index (χ4v) is 2.01. The van der Waals surface area contributed by atoms with Gasteiger partial charge in [-0.05, 0) is 18.2 Å². The molecule has 1 heterocycles. The first-order valence-electron chi connectivity index (χ1n) is 6.13. The molecule has 3 aromatic rings. The van der Waals surface area contributed by atoms with E-state index in [-0.39, 0.29) is 11.4 Å². The van der Waals surface area contributed by atoms with E-state index in [4.69, 9.17) is 0 Å². The molecule has 0 unspecified atom stereocenters. The number of amides is 1. The third kappa shape index (κ3) is 2.44. The van der Waals surface area contributed by atoms with Gasteiger partial charge in [-0.3, -0.25) is 20.0 Å². The minimum absolute atomic E-state index is 0.145. The van der Waals surface area contributed by atoms with Gasteiger partial charge in [-0.1, -0.05) is 18.2 Å². The van der Waals surface area contributed by atoms with Gasteiger partial charge in [0, 0.05) is 17.0 Å². The molecule has 7 heteroatoms. The van der Waals surface area contributed by atoms with Crippen LogP contribution in [0.25, 0.3) is 10.9 Å². The second kappa shape index (κ2) is 5.04. The van der Waals surface area contributed by atoms with Gasteiger partial charge in [0.2, 0.25) is 0 Å². The Morgan fingerprint density at radius 3 is 2.86 bits per heavy atom. The number of aromatic amines is 1. The van der Waals surface area contributed by atoms with Gasteiger partial charge in [0.15, 0.2) is 0 Å². The van der Waals surface area contributed by atoms with Crippen molar-refractivity contribution < 1.29 is 9.72 Å². The van der Waals surface area contributed by atoms with Gasteiger partial charge in [-0.2, -0.15) is 5.10 Å². The summed E-state index contributed by atoms with van der Waals surface area (Å²) in [7, 11) is 0. The monoisotopic (exact) mass is 282 g/mol. The second-order valence-electron chi connectivity index (χ2n) is 4.40. The van der Waals surface area contributed by atoms with Crippen LogP contribution in [0.3, 0.4) is 0 Å². The zero-order chi connectivity index (χ0) is 14.8. The van der Waals surface area contributed by atoms with Crippen molar-refractivity contribution in [2.45, 2.75) is 0 Å². The van der Waals surface area contributed by atoms with E-state index in [1.807, 2.05) is 0 Å². The smallest absolute Gasteiger partial charge is 0.292 e. The van der Waals surface area contributed by atoms with E-state index in [1.165, 1.54) is 12.1 Å². The molecule has 0 aliphatic rings. The van der Waals surface area contributed by atoms with Crippen molar-refractivity contribution >= 4 is 28.2 Å². The van der Waals surface area contributed by atoms with Gasteiger partial charge in [-0.15, -0.1) is 0 Å². The summed E-state index contributed by atoms with van der Waals surface area (Å²) in [6, 6.07) is 11.0. The maximum Gasteiger partial charge on any atom is 0.292 e. The van der Waals surface area contributed by atoms with Crippen molar-refractivity contribution in [2.24, 2.45) is 0 Å². The highest BCUT2D eigenvalue weighted by Gasteiger charge is 2.15. The molecule has 0 fully saturated rings. The van der Waals surface area contributed by atoms with E-state index < -0.39 is 10.8 Å². The molecule has 0 bridgehead atoms. The Balaban J connectivity index is 1.91. The lowest BCUT2D eigenvalue weighted by molar-refractivity contribution is -0.383. The number of hydrogen-bond acceptors (Lipinski definition) is 4. The van der Waals surface area contributed by atoms with Gasteiger partial charge in [0.1, 0.15) is 5.69 Å². The van der Waals surface area contributed by atoms with Crippen LogP contribution in [0.5, 0.6) is 0 Å². The topological polar surface area (TPSA) is 101 Å². The Morgan fingerprint density at radius 2 is 2.05 bits per heavy atom. The minimum atomic E-state index is -0.534. The lowest BCUT2D eigenvalue weighted by Gasteiger charge is -2.05. The molecule has 104 valence electrons. The van der Waals surface area contributed by atoms with Crippen LogP contribution in [0.15, 0.2) is 48.7 Å². The van der Waals surface area contributed by atoms with E-state index in [9.17, 15) is 14.9 Å². The number of aromatic nitrogens is 2. The fourth-order valence-electron chi connectivity index (χ4n) is 2.01. The molecular weight excluding hydrogens is 272 g/mol. The quantitative estimate of drug-likeness (QED) is 0.569. The number of anilines is 1. The molecule has 1 aromatic heterocycles. The molecule has 2 aromatic carbocycles. The Morgan fingerprint density at radius 1 is 1.24 bits per heavy atom. The largest absolute Gasteiger partial charge is 0.316 e. The second-order valence-corrected chi connectivity index (χ2v) is 4.40. The lowest BCUT2D eigenvalue weighted by Crippen LogP contribution is -2.13. The molecule has 0 radical (unpaired) electrons. The number of carbonyl (C=O) groups is 1. The number of nitro benzene ring substituents is 1. The zero-order valence-corrected chi connectivity index (χ0v) is 10.7. The van der Waals surface area contributed by atoms with Crippen LogP contribution in [-0.2, 0) is 0 Å². The molecule has 0 saturated carbocycles. The van der Waals surface area contributed by atoms with Crippen LogP contribution in [-0.4, -0.2) is 21.0 Å². The van der Waals surface area contributed by atoms with Crippen molar-refractivity contribution in [3.8, 4) is 0 Å². The number of benzene rings is 2. The lowest BCUT2D eigenvalue weighted by atomic mass is 10.1. The number of rotatable bonds is 3. The van der Waals surface area contributed by atoms with Crippen molar-refractivity contribution in [1.82, 2.24) is 10.2 Å². The Kier molecular flexibility index (Phi) is 3.07. The molecule has 1 amide bonds. The van der Waals surface area contributed by atoms with Crippen LogP contribution in [0.1, 0.15) is 10.4 Å². The molecule has 21 heavy (non-hydrogen) atoms. The first-order valence-corrected chi connectivity index (χ1v) is 6.13. The number of nitro groups is 1. The van der Waals surface area contributed by atoms with Crippen molar-refractivity contribution in [3.63, 3.8) is 0 Å². The van der Waals surface area contributed by atoms with Gasteiger partial charge >= 0.3 is 0 Å². The highest BCUT2D eigenvalue weighted by Crippen LogP contribution is 2.24. The number of H-pyrrole nitrogens is 1. The van der Waals surface area contributed by atoms with E-state index in [0.29, 0.717) is 5.56 Å². The van der Waals surface area contributed by atoms with Gasteiger partial charge in [0.05, 0.1) is 16.6 Å². The predicted octanol–water partition coefficient (Wildman–Crippen LogP) is 2.72. The zero-order valence-electron chi connectivity index (χ0n) is 10.7. The Bertz CT molecular complexity index is 841. The molecule has 0 atom stereocenters. The summed E-state index contributed by atoms with van der Waals surface area (Å²) in [5, 5.41) is 21.0. The summed E-state index contributed by atoms with van der Waals surface area (Å²) in [5.41, 5.74) is 1.14. The standard InChI is InChI=1S/C14H10N4O3/c19-14(9-5-6-10-8-15-17-12(10)7-9)16-11-3-1-2-4-13(11)18(20)21/h1-8H,(H,15,17)(H,16,19). The number of nitrogens with zero attached hydrogens (tertiary/aromatic N) is 2. The summed E-state index contributed by atoms with van der Waals surface area (Å²) in [6.45, 7) is 0. The van der Waals surface area contributed by atoms with Gasteiger partial charge in [0.25, 0.3) is 11.6 Å². The number of fused-ring (bicyclic) bond motifs is 1. The first-order chi connectivity index (χ1) is 10.1. The molecule has 7 nitrogen and oxygen atoms in total. The van der Waals surface area contributed by atoms with Crippen LogP contribution >= 0.6 is 0 Å². The Hall–Kier alpha value is -3.22. The number of hydrogen-bond donors (Lipinski definition) is 2. The number of nitrogens with one attached hydrogen (secondary N) is 2. The normalized spacial score (nSPS) is 10.5. The van der Waals surface area contributed by atoms with Crippen LogP contribution in [0, 0.1) is 10.1 Å². The van der Waals surface area contributed by atoms with Gasteiger partial charge < -0.3 is 5.32 Å². The first kappa shape index (κ1) is 12.8. The van der Waals surface area contributed by atoms with E-state index in [2.05, 4.69) is 15.5 Å². The number of carbonyl (C=O) groups excluding carboxylic acids is 1. The molecule has 0 aliphatic carbocycles. The summed E-state index contributed by atoms with van der Waals surface area (Å²) >= 11 is 0. The molecular formula is C14H10N4O3. The van der Waals surface area contributed by atoms with Crippen LogP contribution in [0.4, 0.5) is 11.4 Å². The van der Waals surface area contributed by atoms with E-state index in [0.717, 1.165) is 10.9 Å². The predicted molar refractivity (Wildman–Crippen MR) is 77.1 cm³/mol. The Labute approximate surface area is 118 Å². The average Bonchev–Trinajstić information content (AvgIpc) is 2.94. The summed E-state index contributed by atoms with van der Waals surface area (Å²) in [5.74, 6) is -0.416. The highest BCUT2D eigenvalue weighted by atomic mass is 16.6. The fraction of sp³-hybridized carbons (Fsp3) is 0. The molecule has 0 saturated heterocycles. The molecule has 0 aliphatic heterocycles. The van der Waals surface area contributed by atoms with Crippen LogP contribution < -0.4 is 5.32 Å². The van der Waals surface area contributed by atoms with Crippen LogP contribution in [0.2, 0.25) is 0 Å². The van der Waals surface area contributed by atoms with E-state index in [1.54, 1.807) is 36.5 Å². The molecule has 2 N–H and O–H groups in total. The third-order valence-electron chi connectivity index (χ3n) is 3.05. The van der Waals surface area contributed by atoms with Gasteiger partial charge in [-0.25, -0.2) is 0 Å². The summed E-state index contributed by atoms with van der Waals surface area (Å²) in [6.07, 6.45) is 1.65. The molecule has 3 rings (SSSR count). The van der Waals surface area contributed by atoms with Crippen molar-refractivity contribution in [2.75, 3.05) is 5.32 Å². The molecule has 0 spiro atoms.